The molecular formula is C19H19NO2. The number of carbonyl (C=O) groups excluding carboxylic acids is 1. The van der Waals surface area contributed by atoms with Gasteiger partial charge in [0.2, 0.25) is 5.78 Å². The van der Waals surface area contributed by atoms with Crippen molar-refractivity contribution in [3.63, 3.8) is 0 Å². The molecule has 112 valence electrons. The number of nitrogens with zero attached hydrogens (tertiary/aromatic N) is 1. The summed E-state index contributed by atoms with van der Waals surface area (Å²) in [4.78, 5) is 13.4. The van der Waals surface area contributed by atoms with Crippen LogP contribution < -0.4 is 4.90 Å². The lowest BCUT2D eigenvalue weighted by Gasteiger charge is -2.23. The molecule has 3 nitrogen and oxygen atoms in total. The Morgan fingerprint density at radius 1 is 1.14 bits per heavy atom. The van der Waals surface area contributed by atoms with E-state index in [2.05, 4.69) is 50.1 Å². The Kier molecular flexibility index (Phi) is 3.28. The minimum absolute atomic E-state index is 0.0810. The number of likely N-dealkylation sites (N-methyl/N-ethyl adjacent to an activating group) is 1. The van der Waals surface area contributed by atoms with Gasteiger partial charge in [0.1, 0.15) is 0 Å². The third kappa shape index (κ3) is 2.19. The zero-order valence-electron chi connectivity index (χ0n) is 13.0. The number of aliphatic hydroxyl groups is 1. The average Bonchev–Trinajstić information content (AvgIpc) is 2.69. The van der Waals surface area contributed by atoms with Gasteiger partial charge < -0.3 is 10.0 Å². The maximum Gasteiger partial charge on any atom is 0.220 e. The molecule has 1 aliphatic carbocycles. The highest BCUT2D eigenvalue weighted by Gasteiger charge is 2.37. The van der Waals surface area contributed by atoms with Crippen LogP contribution in [0.2, 0.25) is 0 Å². The third-order valence-corrected chi connectivity index (χ3v) is 4.36. The number of benzene rings is 1. The smallest absolute Gasteiger partial charge is 0.220 e. The molecule has 0 amide bonds. The number of aliphatic hydroxyl groups excluding tert-OH is 1. The van der Waals surface area contributed by atoms with Crippen molar-refractivity contribution in [1.82, 2.24) is 0 Å². The number of allylic oxidation sites excluding steroid dienone is 7. The second kappa shape index (κ2) is 5.02. The number of fused-ring (bicyclic) bond motifs is 1. The summed E-state index contributed by atoms with van der Waals surface area (Å²) in [5.41, 5.74) is 4.42. The highest BCUT2D eigenvalue weighted by atomic mass is 16.3. The fourth-order valence-corrected chi connectivity index (χ4v) is 3.12. The van der Waals surface area contributed by atoms with Crippen molar-refractivity contribution < 1.29 is 9.90 Å². The van der Waals surface area contributed by atoms with Gasteiger partial charge in [-0.1, -0.05) is 44.2 Å². The van der Waals surface area contributed by atoms with Crippen LogP contribution in [-0.4, -0.2) is 17.9 Å². The molecule has 1 aliphatic heterocycles. The third-order valence-electron chi connectivity index (χ3n) is 4.36. The van der Waals surface area contributed by atoms with Gasteiger partial charge in [-0.2, -0.15) is 0 Å². The molecule has 2 aliphatic rings. The van der Waals surface area contributed by atoms with E-state index in [1.54, 1.807) is 6.08 Å². The van der Waals surface area contributed by atoms with Crippen molar-refractivity contribution in [2.75, 3.05) is 11.9 Å². The Morgan fingerprint density at radius 3 is 2.55 bits per heavy atom. The highest BCUT2D eigenvalue weighted by Crippen LogP contribution is 2.46. The van der Waals surface area contributed by atoms with E-state index in [4.69, 9.17) is 0 Å². The molecule has 1 aromatic carbocycles. The van der Waals surface area contributed by atoms with Crippen LogP contribution in [0.1, 0.15) is 19.4 Å². The lowest BCUT2D eigenvalue weighted by atomic mass is 9.83. The summed E-state index contributed by atoms with van der Waals surface area (Å²) in [7, 11) is 2.06. The zero-order valence-corrected chi connectivity index (χ0v) is 13.0. The Bertz CT molecular complexity index is 763. The summed E-state index contributed by atoms with van der Waals surface area (Å²) in [5, 5.41) is 9.53. The van der Waals surface area contributed by atoms with E-state index < -0.39 is 0 Å². The first-order chi connectivity index (χ1) is 10.4. The lowest BCUT2D eigenvalue weighted by Crippen LogP contribution is -2.22. The molecule has 0 fully saturated rings. The second-order valence-corrected chi connectivity index (χ2v) is 6.15. The SMILES string of the molecule is CN1C(=CC=C2C=CC(=O)C(O)=C2)C(C)(C)c2ccccc21. The van der Waals surface area contributed by atoms with Gasteiger partial charge in [-0.25, -0.2) is 0 Å². The van der Waals surface area contributed by atoms with E-state index in [9.17, 15) is 9.90 Å². The standard InChI is InChI=1S/C19H19NO2/c1-19(2)14-6-4-5-7-15(14)20(3)18(19)11-9-13-8-10-16(21)17(22)12-13/h4-12,22H,1-3H3. The van der Waals surface area contributed by atoms with Crippen LogP contribution in [0.5, 0.6) is 0 Å². The van der Waals surface area contributed by atoms with Crippen LogP contribution in [0, 0.1) is 0 Å². The average molecular weight is 293 g/mol. The number of para-hydroxylation sites is 1. The predicted octanol–water partition coefficient (Wildman–Crippen LogP) is 3.81. The van der Waals surface area contributed by atoms with Crippen LogP contribution in [-0.2, 0) is 10.2 Å². The molecule has 0 bridgehead atoms. The first kappa shape index (κ1) is 14.4. The summed E-state index contributed by atoms with van der Waals surface area (Å²) in [6.07, 6.45) is 8.58. The first-order valence-electron chi connectivity index (χ1n) is 7.30. The van der Waals surface area contributed by atoms with E-state index >= 15 is 0 Å². The molecule has 1 heterocycles. The van der Waals surface area contributed by atoms with Crippen LogP contribution in [0.3, 0.4) is 0 Å². The maximum atomic E-state index is 11.2. The zero-order chi connectivity index (χ0) is 15.9. The molecule has 0 saturated carbocycles. The Hall–Kier alpha value is -2.55. The molecule has 0 spiro atoms. The van der Waals surface area contributed by atoms with Gasteiger partial charge in [0.05, 0.1) is 0 Å². The van der Waals surface area contributed by atoms with Gasteiger partial charge in [0.25, 0.3) is 0 Å². The second-order valence-electron chi connectivity index (χ2n) is 6.15. The summed E-state index contributed by atoms with van der Waals surface area (Å²) < 4.78 is 0. The molecule has 1 aromatic rings. The predicted molar refractivity (Wildman–Crippen MR) is 88.9 cm³/mol. The Labute approximate surface area is 130 Å². The molecule has 0 radical (unpaired) electrons. The van der Waals surface area contributed by atoms with E-state index in [0.717, 1.165) is 5.57 Å². The van der Waals surface area contributed by atoms with Crippen LogP contribution in [0.25, 0.3) is 0 Å². The van der Waals surface area contributed by atoms with E-state index in [0.29, 0.717) is 0 Å². The molecule has 0 atom stereocenters. The largest absolute Gasteiger partial charge is 0.504 e. The normalized spacial score (nSPS) is 23.1. The number of hydrogen-bond donors (Lipinski definition) is 1. The monoisotopic (exact) mass is 293 g/mol. The van der Waals surface area contributed by atoms with E-state index in [1.807, 2.05) is 12.1 Å². The maximum absolute atomic E-state index is 11.2. The van der Waals surface area contributed by atoms with E-state index in [1.165, 1.54) is 29.1 Å². The fraction of sp³-hybridized carbons (Fsp3) is 0.211. The Balaban J connectivity index is 2.00. The van der Waals surface area contributed by atoms with Gasteiger partial charge in [-0.3, -0.25) is 4.79 Å². The summed E-state index contributed by atoms with van der Waals surface area (Å²) in [6, 6.07) is 8.38. The topological polar surface area (TPSA) is 40.5 Å². The summed E-state index contributed by atoms with van der Waals surface area (Å²) >= 11 is 0. The van der Waals surface area contributed by atoms with Crippen molar-refractivity contribution >= 4 is 11.5 Å². The van der Waals surface area contributed by atoms with Gasteiger partial charge in [-0.15, -0.1) is 0 Å². The Morgan fingerprint density at radius 2 is 1.86 bits per heavy atom. The summed E-state index contributed by atoms with van der Waals surface area (Å²) in [6.45, 7) is 4.40. The van der Waals surface area contributed by atoms with Crippen molar-refractivity contribution in [3.8, 4) is 0 Å². The van der Waals surface area contributed by atoms with Crippen LogP contribution in [0.4, 0.5) is 5.69 Å². The van der Waals surface area contributed by atoms with Gasteiger partial charge in [0, 0.05) is 23.8 Å². The van der Waals surface area contributed by atoms with Crippen molar-refractivity contribution in [3.05, 3.63) is 77.2 Å². The first-order valence-corrected chi connectivity index (χ1v) is 7.30. The number of carbonyl (C=O) groups is 1. The molecular weight excluding hydrogens is 274 g/mol. The van der Waals surface area contributed by atoms with Crippen LogP contribution >= 0.6 is 0 Å². The molecule has 0 saturated heterocycles. The van der Waals surface area contributed by atoms with Gasteiger partial charge in [0.15, 0.2) is 5.76 Å². The number of ketones is 1. The molecule has 3 rings (SSSR count). The van der Waals surface area contributed by atoms with Gasteiger partial charge >= 0.3 is 0 Å². The van der Waals surface area contributed by atoms with Crippen molar-refractivity contribution in [1.29, 1.82) is 0 Å². The van der Waals surface area contributed by atoms with Crippen molar-refractivity contribution in [2.45, 2.75) is 19.3 Å². The molecule has 0 unspecified atom stereocenters. The minimum atomic E-state index is -0.351. The highest BCUT2D eigenvalue weighted by molar-refractivity contribution is 6.04. The van der Waals surface area contributed by atoms with Crippen LogP contribution in [0.15, 0.2) is 71.7 Å². The van der Waals surface area contributed by atoms with E-state index in [-0.39, 0.29) is 17.0 Å². The fourth-order valence-electron chi connectivity index (χ4n) is 3.12. The molecule has 1 N–H and O–H groups in total. The summed E-state index contributed by atoms with van der Waals surface area (Å²) in [5.74, 6) is -0.565. The number of anilines is 1. The van der Waals surface area contributed by atoms with Crippen molar-refractivity contribution in [2.24, 2.45) is 0 Å². The molecule has 22 heavy (non-hydrogen) atoms. The minimum Gasteiger partial charge on any atom is -0.504 e. The quantitative estimate of drug-likeness (QED) is 0.856. The number of rotatable bonds is 1. The van der Waals surface area contributed by atoms with Gasteiger partial charge in [-0.05, 0) is 35.4 Å². The molecule has 0 aromatic heterocycles. The molecule has 3 heteroatoms. The lowest BCUT2D eigenvalue weighted by molar-refractivity contribution is -0.113. The number of hydrogen-bond acceptors (Lipinski definition) is 3.